The van der Waals surface area contributed by atoms with E-state index in [-0.39, 0.29) is 17.1 Å². The van der Waals surface area contributed by atoms with Gasteiger partial charge in [-0.2, -0.15) is 0 Å². The molecule has 2 rings (SSSR count). The zero-order valence-electron chi connectivity index (χ0n) is 22.0. The minimum absolute atomic E-state index is 0.0641. The van der Waals surface area contributed by atoms with E-state index in [0.29, 0.717) is 11.3 Å². The Morgan fingerprint density at radius 1 is 0.806 bits per heavy atom. The molecular formula is C29H50O2. The highest BCUT2D eigenvalue weighted by atomic mass is 16.7. The van der Waals surface area contributed by atoms with Crippen LogP contribution in [0.1, 0.15) is 119 Å². The Balaban J connectivity index is 2.02. The lowest BCUT2D eigenvalue weighted by Crippen LogP contribution is -2.35. The monoisotopic (exact) mass is 430 g/mol. The molecule has 0 aliphatic heterocycles. The first-order chi connectivity index (χ1) is 14.3. The normalized spacial score (nSPS) is 18.6. The topological polar surface area (TPSA) is 18.5 Å². The van der Waals surface area contributed by atoms with E-state index in [4.69, 9.17) is 9.47 Å². The molecule has 1 saturated carbocycles. The predicted molar refractivity (Wildman–Crippen MR) is 134 cm³/mol. The molecule has 1 aliphatic rings. The summed E-state index contributed by atoms with van der Waals surface area (Å²) in [5, 5.41) is 0. The molecule has 0 bridgehead atoms. The highest BCUT2D eigenvalue weighted by Gasteiger charge is 2.31. The summed E-state index contributed by atoms with van der Waals surface area (Å²) >= 11 is 0. The number of hydrogen-bond donors (Lipinski definition) is 0. The Bertz CT molecular complexity index is 633. The third-order valence-corrected chi connectivity index (χ3v) is 6.61. The lowest BCUT2D eigenvalue weighted by molar-refractivity contribution is -0.143. The first-order valence-electron chi connectivity index (χ1n) is 12.6. The van der Waals surface area contributed by atoms with E-state index < -0.39 is 0 Å². The molecule has 1 aromatic carbocycles. The lowest BCUT2D eigenvalue weighted by Gasteiger charge is -2.36. The van der Waals surface area contributed by atoms with E-state index in [1.807, 2.05) is 0 Å². The molecule has 1 fully saturated rings. The van der Waals surface area contributed by atoms with Crippen LogP contribution < -0.4 is 4.74 Å². The summed E-state index contributed by atoms with van der Waals surface area (Å²) in [7, 11) is 0. The van der Waals surface area contributed by atoms with Gasteiger partial charge in [-0.3, -0.25) is 0 Å². The summed E-state index contributed by atoms with van der Waals surface area (Å²) in [6, 6.07) is 8.80. The summed E-state index contributed by atoms with van der Waals surface area (Å²) in [5.74, 6) is 2.27. The van der Waals surface area contributed by atoms with Gasteiger partial charge in [0.15, 0.2) is 0 Å². The molecule has 0 saturated heterocycles. The zero-order chi connectivity index (χ0) is 23.3. The maximum absolute atomic E-state index is 6.37. The van der Waals surface area contributed by atoms with Gasteiger partial charge in [-0.1, -0.05) is 107 Å². The van der Waals surface area contributed by atoms with Crippen molar-refractivity contribution in [2.75, 3.05) is 6.61 Å². The van der Waals surface area contributed by atoms with E-state index in [1.165, 1.54) is 44.1 Å². The van der Waals surface area contributed by atoms with Crippen molar-refractivity contribution in [3.8, 4) is 5.75 Å². The largest absolute Gasteiger partial charge is 0.464 e. The van der Waals surface area contributed by atoms with Gasteiger partial charge < -0.3 is 9.47 Å². The van der Waals surface area contributed by atoms with Gasteiger partial charge >= 0.3 is 0 Å². The summed E-state index contributed by atoms with van der Waals surface area (Å²) in [5.41, 5.74) is 1.87. The molecule has 31 heavy (non-hydrogen) atoms. The van der Waals surface area contributed by atoms with Crippen LogP contribution in [0.25, 0.3) is 0 Å². The van der Waals surface area contributed by atoms with Crippen molar-refractivity contribution in [3.63, 3.8) is 0 Å². The molecule has 0 radical (unpaired) electrons. The molecule has 178 valence electrons. The first kappa shape index (κ1) is 26.2. The molecule has 2 atom stereocenters. The van der Waals surface area contributed by atoms with Crippen molar-refractivity contribution < 1.29 is 9.47 Å². The Hall–Kier alpha value is -1.02. The number of rotatable bonds is 8. The zero-order valence-corrected chi connectivity index (χ0v) is 22.0. The second kappa shape index (κ2) is 10.7. The third kappa shape index (κ3) is 9.16. The fourth-order valence-electron chi connectivity index (χ4n) is 4.72. The molecular weight excluding hydrogens is 380 g/mol. The Morgan fingerprint density at radius 2 is 1.39 bits per heavy atom. The highest BCUT2D eigenvalue weighted by molar-refractivity contribution is 5.30. The fraction of sp³-hybridized carbons (Fsp3) is 0.793. The average Bonchev–Trinajstić information content (AvgIpc) is 2.64. The van der Waals surface area contributed by atoms with Crippen molar-refractivity contribution >= 4 is 0 Å². The van der Waals surface area contributed by atoms with Crippen LogP contribution in [0.2, 0.25) is 0 Å². The van der Waals surface area contributed by atoms with Crippen molar-refractivity contribution in [3.05, 3.63) is 29.8 Å². The van der Waals surface area contributed by atoms with Crippen LogP contribution in [0.3, 0.4) is 0 Å². The van der Waals surface area contributed by atoms with Gasteiger partial charge in [0.2, 0.25) is 6.29 Å². The minimum atomic E-state index is -0.227. The van der Waals surface area contributed by atoms with Gasteiger partial charge in [0.05, 0.1) is 6.61 Å². The van der Waals surface area contributed by atoms with E-state index in [1.54, 1.807) is 0 Å². The van der Waals surface area contributed by atoms with E-state index >= 15 is 0 Å². The summed E-state index contributed by atoms with van der Waals surface area (Å²) in [4.78, 5) is 0. The molecule has 2 unspecified atom stereocenters. The highest BCUT2D eigenvalue weighted by Crippen LogP contribution is 2.43. The molecule has 0 amide bonds. The van der Waals surface area contributed by atoms with Crippen molar-refractivity contribution in [1.82, 2.24) is 0 Å². The first-order valence-corrected chi connectivity index (χ1v) is 12.6. The van der Waals surface area contributed by atoms with Gasteiger partial charge in [-0.05, 0) is 53.2 Å². The molecule has 0 heterocycles. The molecule has 0 N–H and O–H groups in total. The maximum atomic E-state index is 6.37. The molecule has 1 aliphatic carbocycles. The maximum Gasteiger partial charge on any atom is 0.204 e. The van der Waals surface area contributed by atoms with Crippen molar-refractivity contribution in [2.45, 2.75) is 119 Å². The second-order valence-electron chi connectivity index (χ2n) is 13.2. The van der Waals surface area contributed by atoms with Crippen LogP contribution in [-0.4, -0.2) is 12.9 Å². The van der Waals surface area contributed by atoms with Gasteiger partial charge in [-0.15, -0.1) is 0 Å². The smallest absolute Gasteiger partial charge is 0.204 e. The minimum Gasteiger partial charge on any atom is -0.464 e. The van der Waals surface area contributed by atoms with Crippen LogP contribution in [0.15, 0.2) is 24.3 Å². The average molecular weight is 431 g/mol. The third-order valence-electron chi connectivity index (χ3n) is 6.61. The van der Waals surface area contributed by atoms with Crippen LogP contribution in [0, 0.1) is 22.2 Å². The summed E-state index contributed by atoms with van der Waals surface area (Å²) in [6.45, 7) is 21.5. The van der Waals surface area contributed by atoms with E-state index in [2.05, 4.69) is 86.6 Å². The Morgan fingerprint density at radius 3 is 1.87 bits per heavy atom. The van der Waals surface area contributed by atoms with Crippen LogP contribution in [-0.2, 0) is 4.74 Å². The molecule has 1 aromatic rings. The Kier molecular flexibility index (Phi) is 9.08. The number of benzene rings is 1. The molecule has 0 spiro atoms. The lowest BCUT2D eigenvalue weighted by atomic mass is 9.69. The summed E-state index contributed by atoms with van der Waals surface area (Å²) in [6.07, 6.45) is 9.04. The molecule has 0 aromatic heterocycles. The van der Waals surface area contributed by atoms with E-state index in [0.717, 1.165) is 24.7 Å². The standard InChI is InChI=1S/C29H50O2/c1-27(2,3)21-25(28(4,5)6)23-15-17-24(18-16-23)31-26(29(7,8)9)30-20-19-22-13-11-10-12-14-22/h15-18,22,25-26H,10-14,19-21H2,1-9H3. The quantitative estimate of drug-likeness (QED) is 0.383. The number of ether oxygens (including phenoxy) is 2. The van der Waals surface area contributed by atoms with Crippen LogP contribution >= 0.6 is 0 Å². The van der Waals surface area contributed by atoms with Gasteiger partial charge in [-0.25, -0.2) is 0 Å². The SMILES string of the molecule is CC(C)(C)CC(c1ccc(OC(OCCC2CCCCC2)C(C)(C)C)cc1)C(C)(C)C. The second-order valence-corrected chi connectivity index (χ2v) is 13.2. The molecule has 2 heteroatoms. The van der Waals surface area contributed by atoms with E-state index in [9.17, 15) is 0 Å². The van der Waals surface area contributed by atoms with Gasteiger partial charge in [0.25, 0.3) is 0 Å². The van der Waals surface area contributed by atoms with Gasteiger partial charge in [0, 0.05) is 5.41 Å². The van der Waals surface area contributed by atoms with Crippen molar-refractivity contribution in [2.24, 2.45) is 22.2 Å². The fourth-order valence-corrected chi connectivity index (χ4v) is 4.72. The van der Waals surface area contributed by atoms with Gasteiger partial charge in [0.1, 0.15) is 5.75 Å². The van der Waals surface area contributed by atoms with Crippen molar-refractivity contribution in [1.29, 1.82) is 0 Å². The predicted octanol–water partition coefficient (Wildman–Crippen LogP) is 8.99. The van der Waals surface area contributed by atoms with Crippen LogP contribution in [0.4, 0.5) is 0 Å². The number of hydrogen-bond acceptors (Lipinski definition) is 2. The molecule has 2 nitrogen and oxygen atoms in total. The van der Waals surface area contributed by atoms with Crippen LogP contribution in [0.5, 0.6) is 5.75 Å². The Labute approximate surface area is 193 Å². The summed E-state index contributed by atoms with van der Waals surface area (Å²) < 4.78 is 12.7.